The molecule has 1 N–H and O–H groups in total. The molecule has 4 nitrogen and oxygen atoms in total. The fourth-order valence-corrected chi connectivity index (χ4v) is 4.01. The van der Waals surface area contributed by atoms with Crippen LogP contribution in [0.25, 0.3) is 6.08 Å². The highest BCUT2D eigenvalue weighted by Crippen LogP contribution is 2.33. The third kappa shape index (κ3) is 4.23. The minimum absolute atomic E-state index is 0.0997. The first-order valence-corrected chi connectivity index (χ1v) is 9.48. The Kier molecular flexibility index (Phi) is 5.78. The molecule has 2 aromatic rings. The highest BCUT2D eigenvalue weighted by molar-refractivity contribution is 9.10. The first kappa shape index (κ1) is 18.0. The number of nitrogens with one attached hydrogen (secondary N) is 1. The molecule has 1 fully saturated rings. The summed E-state index contributed by atoms with van der Waals surface area (Å²) in [5.41, 5.74) is 1.77. The van der Waals surface area contributed by atoms with Crippen LogP contribution in [-0.2, 0) is 4.79 Å². The van der Waals surface area contributed by atoms with Gasteiger partial charge in [-0.05, 0) is 35.9 Å². The second kappa shape index (κ2) is 8.03. The van der Waals surface area contributed by atoms with Crippen LogP contribution in [0.15, 0.2) is 57.9 Å². The highest BCUT2D eigenvalue weighted by atomic mass is 79.9. The number of rotatable bonds is 5. The van der Waals surface area contributed by atoms with Crippen molar-refractivity contribution in [1.82, 2.24) is 4.90 Å². The topological polar surface area (TPSA) is 41.6 Å². The number of anilines is 1. The molecule has 0 spiro atoms. The summed E-state index contributed by atoms with van der Waals surface area (Å²) in [6, 6.07) is 15.3. The van der Waals surface area contributed by atoms with Gasteiger partial charge in [-0.3, -0.25) is 9.69 Å². The number of benzene rings is 2. The van der Waals surface area contributed by atoms with Gasteiger partial charge < -0.3 is 10.1 Å². The minimum atomic E-state index is -0.0997. The molecule has 1 saturated heterocycles. The van der Waals surface area contributed by atoms with Crippen molar-refractivity contribution in [2.45, 2.75) is 0 Å². The number of carbonyl (C=O) groups excluding carboxylic acids is 1. The molecule has 1 aliphatic heterocycles. The maximum atomic E-state index is 12.6. The van der Waals surface area contributed by atoms with Crippen LogP contribution < -0.4 is 10.1 Å². The summed E-state index contributed by atoms with van der Waals surface area (Å²) in [6.07, 6.45) is 1.85. The lowest BCUT2D eigenvalue weighted by molar-refractivity contribution is -0.121. The molecule has 1 heterocycles. The van der Waals surface area contributed by atoms with E-state index < -0.39 is 0 Å². The average Bonchev–Trinajstić information content (AvgIpc) is 2.87. The maximum absolute atomic E-state index is 12.6. The Balaban J connectivity index is 1.73. The van der Waals surface area contributed by atoms with Crippen LogP contribution >= 0.6 is 39.9 Å². The Hall–Kier alpha value is -1.83. The molecule has 0 aliphatic carbocycles. The predicted molar refractivity (Wildman–Crippen MR) is 111 cm³/mol. The maximum Gasteiger partial charge on any atom is 0.267 e. The first-order valence-electron chi connectivity index (χ1n) is 7.46. The smallest absolute Gasteiger partial charge is 0.267 e. The van der Waals surface area contributed by atoms with Gasteiger partial charge in [-0.15, -0.1) is 0 Å². The summed E-state index contributed by atoms with van der Waals surface area (Å²) in [5.74, 6) is 0.620. The van der Waals surface area contributed by atoms with Crippen molar-refractivity contribution in [1.29, 1.82) is 0 Å². The quantitative estimate of drug-likeness (QED) is 0.544. The van der Waals surface area contributed by atoms with E-state index in [1.165, 1.54) is 11.8 Å². The summed E-state index contributed by atoms with van der Waals surface area (Å²) in [7, 11) is 1.61. The van der Waals surface area contributed by atoms with Crippen LogP contribution in [0.5, 0.6) is 5.75 Å². The number of ether oxygens (including phenoxy) is 1. The number of halogens is 1. The van der Waals surface area contributed by atoms with Crippen molar-refractivity contribution in [3.05, 3.63) is 63.5 Å². The number of nitrogens with zero attached hydrogens (tertiary/aromatic N) is 1. The van der Waals surface area contributed by atoms with Crippen LogP contribution in [0, 0.1) is 0 Å². The number of thioether (sulfide) groups is 1. The second-order valence-electron chi connectivity index (χ2n) is 5.20. The number of carbonyl (C=O) groups is 1. The Bertz CT molecular complexity index is 854. The van der Waals surface area contributed by atoms with Gasteiger partial charge in [0.15, 0.2) is 0 Å². The first-order chi connectivity index (χ1) is 12.1. The number of hydrogen-bond acceptors (Lipinski definition) is 5. The van der Waals surface area contributed by atoms with Crippen LogP contribution in [0.1, 0.15) is 5.56 Å². The summed E-state index contributed by atoms with van der Waals surface area (Å²) in [5, 5.41) is 3.21. The van der Waals surface area contributed by atoms with Crippen molar-refractivity contribution < 1.29 is 9.53 Å². The Labute approximate surface area is 164 Å². The van der Waals surface area contributed by atoms with E-state index in [0.29, 0.717) is 15.9 Å². The van der Waals surface area contributed by atoms with E-state index in [0.717, 1.165) is 21.5 Å². The molecule has 2 aromatic carbocycles. The molecule has 25 heavy (non-hydrogen) atoms. The van der Waals surface area contributed by atoms with Crippen molar-refractivity contribution >= 4 is 61.9 Å². The predicted octanol–water partition coefficient (Wildman–Crippen LogP) is 4.73. The molecule has 0 aromatic heterocycles. The van der Waals surface area contributed by atoms with Crippen molar-refractivity contribution in [2.75, 3.05) is 19.1 Å². The molecular formula is C18H15BrN2O2S2. The Morgan fingerprint density at radius 1 is 1.28 bits per heavy atom. The highest BCUT2D eigenvalue weighted by Gasteiger charge is 2.31. The SMILES string of the molecule is COc1ccccc1NCN1C(=O)C(=Cc2cccc(Br)c2)SC1=S. The fourth-order valence-electron chi connectivity index (χ4n) is 2.34. The molecule has 7 heteroatoms. The summed E-state index contributed by atoms with van der Waals surface area (Å²) in [4.78, 5) is 14.8. The molecule has 0 bridgehead atoms. The molecule has 3 rings (SSSR count). The van der Waals surface area contributed by atoms with Gasteiger partial charge >= 0.3 is 0 Å². The normalized spacial score (nSPS) is 15.8. The number of hydrogen-bond donors (Lipinski definition) is 1. The van der Waals surface area contributed by atoms with Crippen LogP contribution in [0.2, 0.25) is 0 Å². The van der Waals surface area contributed by atoms with Gasteiger partial charge in [0.05, 0.1) is 24.4 Å². The monoisotopic (exact) mass is 434 g/mol. The zero-order chi connectivity index (χ0) is 17.8. The molecule has 128 valence electrons. The van der Waals surface area contributed by atoms with E-state index in [2.05, 4.69) is 21.2 Å². The van der Waals surface area contributed by atoms with E-state index in [9.17, 15) is 4.79 Å². The van der Waals surface area contributed by atoms with Crippen LogP contribution in [0.4, 0.5) is 5.69 Å². The lowest BCUT2D eigenvalue weighted by Gasteiger charge is -2.17. The Morgan fingerprint density at radius 3 is 2.84 bits per heavy atom. The second-order valence-corrected chi connectivity index (χ2v) is 7.79. The summed E-state index contributed by atoms with van der Waals surface area (Å²) >= 11 is 10.1. The zero-order valence-corrected chi connectivity index (χ0v) is 16.6. The van der Waals surface area contributed by atoms with Crippen molar-refractivity contribution in [3.63, 3.8) is 0 Å². The van der Waals surface area contributed by atoms with E-state index in [-0.39, 0.29) is 5.91 Å². The third-order valence-corrected chi connectivity index (χ3v) is 5.43. The van der Waals surface area contributed by atoms with Gasteiger partial charge in [0, 0.05) is 4.47 Å². The lowest BCUT2D eigenvalue weighted by atomic mass is 10.2. The summed E-state index contributed by atoms with van der Waals surface area (Å²) < 4.78 is 6.81. The fraction of sp³-hybridized carbons (Fsp3) is 0.111. The number of thiocarbonyl (C=S) groups is 1. The van der Waals surface area contributed by atoms with Gasteiger partial charge in [0.25, 0.3) is 5.91 Å². The van der Waals surface area contributed by atoms with E-state index >= 15 is 0 Å². The van der Waals surface area contributed by atoms with Crippen LogP contribution in [0.3, 0.4) is 0 Å². The molecule has 0 unspecified atom stereocenters. The van der Waals surface area contributed by atoms with Gasteiger partial charge in [0.1, 0.15) is 10.1 Å². The van der Waals surface area contributed by atoms with Crippen LogP contribution in [-0.4, -0.2) is 28.9 Å². The zero-order valence-electron chi connectivity index (χ0n) is 13.4. The molecular weight excluding hydrogens is 420 g/mol. The van der Waals surface area contributed by atoms with Crippen molar-refractivity contribution in [2.24, 2.45) is 0 Å². The minimum Gasteiger partial charge on any atom is -0.495 e. The largest absolute Gasteiger partial charge is 0.495 e. The number of para-hydroxylation sites is 2. The van der Waals surface area contributed by atoms with Gasteiger partial charge in [-0.2, -0.15) is 0 Å². The lowest BCUT2D eigenvalue weighted by Crippen LogP contribution is -2.33. The number of amides is 1. The van der Waals surface area contributed by atoms with E-state index in [4.69, 9.17) is 17.0 Å². The number of methoxy groups -OCH3 is 1. The van der Waals surface area contributed by atoms with Gasteiger partial charge in [0.2, 0.25) is 0 Å². The third-order valence-electron chi connectivity index (χ3n) is 3.55. The Morgan fingerprint density at radius 2 is 2.08 bits per heavy atom. The molecule has 1 aliphatic rings. The molecule has 1 amide bonds. The van der Waals surface area contributed by atoms with Gasteiger partial charge in [-0.1, -0.05) is 64.2 Å². The molecule has 0 saturated carbocycles. The van der Waals surface area contributed by atoms with Gasteiger partial charge in [-0.25, -0.2) is 0 Å². The average molecular weight is 435 g/mol. The molecule has 0 atom stereocenters. The molecule has 0 radical (unpaired) electrons. The van der Waals surface area contributed by atoms with E-state index in [1.54, 1.807) is 12.0 Å². The van der Waals surface area contributed by atoms with Crippen molar-refractivity contribution in [3.8, 4) is 5.75 Å². The van der Waals surface area contributed by atoms with E-state index in [1.807, 2.05) is 54.6 Å². The summed E-state index contributed by atoms with van der Waals surface area (Å²) in [6.45, 7) is 0.293. The standard InChI is InChI=1S/C18H15BrN2O2S2/c1-23-15-8-3-2-7-14(15)20-11-21-17(22)16(25-18(21)24)10-12-5-4-6-13(19)9-12/h2-10,20H,11H2,1H3.